The second-order valence-corrected chi connectivity index (χ2v) is 7.27. The van der Waals surface area contributed by atoms with Crippen LogP contribution in [-0.2, 0) is 6.54 Å². The lowest BCUT2D eigenvalue weighted by Crippen LogP contribution is -2.60. The minimum Gasteiger partial charge on any atom is -0.497 e. The predicted molar refractivity (Wildman–Crippen MR) is 110 cm³/mol. The molecule has 2 N–H and O–H groups in total. The summed E-state index contributed by atoms with van der Waals surface area (Å²) in [5, 5.41) is 14.9. The van der Waals surface area contributed by atoms with Gasteiger partial charge in [-0.2, -0.15) is 0 Å². The molecule has 1 aromatic carbocycles. The van der Waals surface area contributed by atoms with Crippen LogP contribution in [0, 0.1) is 0 Å². The van der Waals surface area contributed by atoms with Crippen molar-refractivity contribution in [3.63, 3.8) is 0 Å². The van der Waals surface area contributed by atoms with Crippen molar-refractivity contribution in [2.45, 2.75) is 44.5 Å². The number of likely N-dealkylation sites (N-methyl/N-ethyl adjacent to an activating group) is 1. The molecule has 0 radical (unpaired) electrons. The molecule has 1 aromatic rings. The molecule has 7 heteroatoms. The van der Waals surface area contributed by atoms with Gasteiger partial charge in [-0.05, 0) is 51.6 Å². The Balaban J connectivity index is 2.49. The first-order valence-electron chi connectivity index (χ1n) is 9.60. The first-order chi connectivity index (χ1) is 13.3. The zero-order valence-corrected chi connectivity index (χ0v) is 17.6. The highest BCUT2D eigenvalue weighted by Gasteiger charge is 2.62. The standard InChI is InChI=1S/C21H33N3O4/c1-7-9-21(26)20(3,10-11-22-4)23(8-2)19(25)24(21)15-16-12-17(27-5)14-18(13-16)28-6/h7,12-14,22,26H,1,8-11,15H2,2-6H3. The van der Waals surface area contributed by atoms with Crippen molar-refractivity contribution in [1.29, 1.82) is 0 Å². The number of nitrogens with one attached hydrogen (secondary N) is 1. The molecule has 1 aliphatic rings. The van der Waals surface area contributed by atoms with Crippen LogP contribution in [0.15, 0.2) is 30.9 Å². The first kappa shape index (κ1) is 22.0. The minimum absolute atomic E-state index is 0.188. The number of methoxy groups -OCH3 is 2. The van der Waals surface area contributed by atoms with Crippen molar-refractivity contribution in [2.24, 2.45) is 0 Å². The SMILES string of the molecule is C=CCC1(O)N(Cc2cc(OC)cc(OC)c2)C(=O)N(CC)C1(C)CCNC. The second kappa shape index (κ2) is 8.84. The number of ether oxygens (including phenoxy) is 2. The summed E-state index contributed by atoms with van der Waals surface area (Å²) in [7, 11) is 5.03. The Kier molecular flexibility index (Phi) is 6.96. The summed E-state index contributed by atoms with van der Waals surface area (Å²) in [6.07, 6.45) is 2.56. The van der Waals surface area contributed by atoms with Gasteiger partial charge >= 0.3 is 6.03 Å². The number of aliphatic hydroxyl groups is 1. The van der Waals surface area contributed by atoms with Crippen LogP contribution in [0.5, 0.6) is 11.5 Å². The molecule has 156 valence electrons. The molecule has 0 bridgehead atoms. The van der Waals surface area contributed by atoms with E-state index in [1.165, 1.54) is 0 Å². The third-order valence-corrected chi connectivity index (χ3v) is 5.73. The van der Waals surface area contributed by atoms with Gasteiger partial charge in [-0.15, -0.1) is 6.58 Å². The van der Waals surface area contributed by atoms with E-state index in [9.17, 15) is 9.90 Å². The van der Waals surface area contributed by atoms with Gasteiger partial charge in [-0.1, -0.05) is 6.08 Å². The van der Waals surface area contributed by atoms with Gasteiger partial charge in [0.05, 0.1) is 26.3 Å². The lowest BCUT2D eigenvalue weighted by Gasteiger charge is -2.44. The van der Waals surface area contributed by atoms with Gasteiger partial charge in [0.1, 0.15) is 11.5 Å². The summed E-state index contributed by atoms with van der Waals surface area (Å²) in [5.74, 6) is 1.28. The van der Waals surface area contributed by atoms with Crippen molar-refractivity contribution >= 4 is 6.03 Å². The molecule has 28 heavy (non-hydrogen) atoms. The van der Waals surface area contributed by atoms with E-state index in [4.69, 9.17) is 9.47 Å². The molecule has 1 fully saturated rings. The molecule has 1 heterocycles. The highest BCUT2D eigenvalue weighted by atomic mass is 16.5. The van der Waals surface area contributed by atoms with Crippen LogP contribution in [0.4, 0.5) is 4.79 Å². The van der Waals surface area contributed by atoms with Crippen LogP contribution in [0.25, 0.3) is 0 Å². The normalized spacial score (nSPS) is 24.6. The molecule has 0 saturated carbocycles. The molecule has 2 rings (SSSR count). The number of urea groups is 1. The fourth-order valence-electron chi connectivity index (χ4n) is 4.08. The zero-order valence-electron chi connectivity index (χ0n) is 17.6. The highest BCUT2D eigenvalue weighted by Crippen LogP contribution is 2.45. The number of rotatable bonds is 10. The summed E-state index contributed by atoms with van der Waals surface area (Å²) in [6.45, 7) is 9.12. The Labute approximate surface area is 167 Å². The van der Waals surface area contributed by atoms with E-state index in [2.05, 4.69) is 11.9 Å². The Bertz CT molecular complexity index is 689. The van der Waals surface area contributed by atoms with Gasteiger partial charge < -0.3 is 24.8 Å². The van der Waals surface area contributed by atoms with Crippen molar-refractivity contribution in [2.75, 3.05) is 34.4 Å². The quantitative estimate of drug-likeness (QED) is 0.600. The Hall–Kier alpha value is -2.25. The maximum absolute atomic E-state index is 13.3. The molecule has 7 nitrogen and oxygen atoms in total. The summed E-state index contributed by atoms with van der Waals surface area (Å²) in [5.41, 5.74) is -1.31. The van der Waals surface area contributed by atoms with E-state index in [0.29, 0.717) is 31.0 Å². The Morgan fingerprint density at radius 2 is 1.82 bits per heavy atom. The summed E-state index contributed by atoms with van der Waals surface area (Å²) in [6, 6.07) is 5.29. The molecule has 0 aromatic heterocycles. The van der Waals surface area contributed by atoms with Crippen LogP contribution in [0.3, 0.4) is 0 Å². The van der Waals surface area contributed by atoms with Crippen molar-refractivity contribution in [3.05, 3.63) is 36.4 Å². The molecule has 2 amide bonds. The highest BCUT2D eigenvalue weighted by molar-refractivity contribution is 5.80. The second-order valence-electron chi connectivity index (χ2n) is 7.27. The van der Waals surface area contributed by atoms with Gasteiger partial charge in [0.25, 0.3) is 0 Å². The summed E-state index contributed by atoms with van der Waals surface area (Å²) in [4.78, 5) is 16.6. The van der Waals surface area contributed by atoms with Crippen LogP contribution in [0.1, 0.15) is 32.3 Å². The Morgan fingerprint density at radius 3 is 2.29 bits per heavy atom. The lowest BCUT2D eigenvalue weighted by molar-refractivity contribution is -0.128. The van der Waals surface area contributed by atoms with Crippen LogP contribution in [-0.4, -0.2) is 66.6 Å². The maximum atomic E-state index is 13.3. The number of amides is 2. The van der Waals surface area contributed by atoms with E-state index >= 15 is 0 Å². The van der Waals surface area contributed by atoms with Crippen molar-refractivity contribution < 1.29 is 19.4 Å². The van der Waals surface area contributed by atoms with Gasteiger partial charge in [-0.25, -0.2) is 4.79 Å². The monoisotopic (exact) mass is 391 g/mol. The van der Waals surface area contributed by atoms with Crippen LogP contribution in [0.2, 0.25) is 0 Å². The van der Waals surface area contributed by atoms with Gasteiger partial charge in [0.2, 0.25) is 0 Å². The molecule has 2 atom stereocenters. The summed E-state index contributed by atoms with van der Waals surface area (Å²) < 4.78 is 10.7. The smallest absolute Gasteiger partial charge is 0.323 e. The van der Waals surface area contributed by atoms with Gasteiger partial charge in [0, 0.05) is 19.0 Å². The van der Waals surface area contributed by atoms with Gasteiger partial charge in [0.15, 0.2) is 5.72 Å². The fraction of sp³-hybridized carbons (Fsp3) is 0.571. The van der Waals surface area contributed by atoms with E-state index in [0.717, 1.165) is 5.56 Å². The molecule has 2 unspecified atom stereocenters. The molecule has 1 aliphatic heterocycles. The van der Waals surface area contributed by atoms with E-state index in [1.807, 2.05) is 33.0 Å². The third kappa shape index (κ3) is 3.69. The third-order valence-electron chi connectivity index (χ3n) is 5.73. The number of carbonyl (C=O) groups excluding carboxylic acids is 1. The zero-order chi connectivity index (χ0) is 20.9. The average molecular weight is 392 g/mol. The summed E-state index contributed by atoms with van der Waals surface area (Å²) >= 11 is 0. The fourth-order valence-corrected chi connectivity index (χ4v) is 4.08. The number of carbonyl (C=O) groups is 1. The maximum Gasteiger partial charge on any atom is 0.323 e. The number of hydrogen-bond acceptors (Lipinski definition) is 5. The minimum atomic E-state index is -1.38. The van der Waals surface area contributed by atoms with Crippen molar-refractivity contribution in [3.8, 4) is 11.5 Å². The number of hydrogen-bond donors (Lipinski definition) is 2. The molecular weight excluding hydrogens is 358 g/mol. The largest absolute Gasteiger partial charge is 0.497 e. The predicted octanol–water partition coefficient (Wildman–Crippen LogP) is 2.59. The number of nitrogens with zero attached hydrogens (tertiary/aromatic N) is 2. The molecule has 0 spiro atoms. The van der Waals surface area contributed by atoms with Gasteiger partial charge in [-0.3, -0.25) is 4.90 Å². The average Bonchev–Trinajstić information content (AvgIpc) is 2.84. The van der Waals surface area contributed by atoms with E-state index in [1.54, 1.807) is 36.2 Å². The van der Waals surface area contributed by atoms with Crippen molar-refractivity contribution in [1.82, 2.24) is 15.1 Å². The first-order valence-corrected chi connectivity index (χ1v) is 9.60. The molecule has 1 saturated heterocycles. The van der Waals surface area contributed by atoms with Crippen LogP contribution >= 0.6 is 0 Å². The van der Waals surface area contributed by atoms with E-state index < -0.39 is 11.3 Å². The molecule has 0 aliphatic carbocycles. The topological polar surface area (TPSA) is 74.3 Å². The van der Waals surface area contributed by atoms with Crippen LogP contribution < -0.4 is 14.8 Å². The lowest BCUT2D eigenvalue weighted by atomic mass is 9.82. The Morgan fingerprint density at radius 1 is 1.21 bits per heavy atom. The number of benzene rings is 1. The van der Waals surface area contributed by atoms with E-state index in [-0.39, 0.29) is 19.0 Å². The molecular formula is C21H33N3O4.